The highest BCUT2D eigenvalue weighted by Crippen LogP contribution is 2.41. The van der Waals surface area contributed by atoms with Crippen molar-refractivity contribution in [2.45, 2.75) is 53.5 Å². The Balaban J connectivity index is 0.000000204. The Bertz CT molecular complexity index is 4020. The molecule has 0 aliphatic carbocycles. The molecule has 438 valence electrons. The van der Waals surface area contributed by atoms with Crippen LogP contribution >= 0.6 is 0 Å². The van der Waals surface area contributed by atoms with Crippen LogP contribution < -0.4 is 29.6 Å². The number of hydrogen-bond acceptors (Lipinski definition) is 15. The Labute approximate surface area is 485 Å². The number of halogens is 4. The van der Waals surface area contributed by atoms with Crippen LogP contribution in [0.4, 0.5) is 28.9 Å². The average Bonchev–Trinajstić information content (AvgIpc) is 4.15. The van der Waals surface area contributed by atoms with E-state index in [1.54, 1.807) is 81.6 Å². The van der Waals surface area contributed by atoms with Gasteiger partial charge in [-0.1, -0.05) is 31.2 Å². The molecule has 10 rings (SSSR count). The zero-order valence-corrected chi connectivity index (χ0v) is 47.3. The maximum absolute atomic E-state index is 13.4. The quantitative estimate of drug-likeness (QED) is 0.0603. The molecule has 0 bridgehead atoms. The first-order valence-electron chi connectivity index (χ1n) is 26.6. The second-order valence-electron chi connectivity index (χ2n) is 20.4. The number of ether oxygens (including phenoxy) is 4. The van der Waals surface area contributed by atoms with Crippen LogP contribution in [0.5, 0.6) is 34.5 Å². The summed E-state index contributed by atoms with van der Waals surface area (Å²) < 4.78 is 81.2. The average molecular weight is 1160 g/mol. The van der Waals surface area contributed by atoms with Gasteiger partial charge in [0.2, 0.25) is 0 Å². The largest absolute Gasteiger partial charge is 0.457 e. The number of nitriles is 1. The number of aromatic nitrogens is 10. The van der Waals surface area contributed by atoms with Gasteiger partial charge in [-0.25, -0.2) is 19.0 Å². The van der Waals surface area contributed by atoms with Gasteiger partial charge in [0.05, 0.1) is 46.4 Å². The molecule has 4 aromatic carbocycles. The van der Waals surface area contributed by atoms with Crippen molar-refractivity contribution in [3.05, 3.63) is 169 Å². The van der Waals surface area contributed by atoms with Crippen molar-refractivity contribution in [2.24, 2.45) is 19.5 Å². The number of carbonyl (C=O) groups excluding carboxylic acids is 2. The predicted octanol–water partition coefficient (Wildman–Crippen LogP) is 11.4. The standard InChI is InChI=1S/C31H30F2N8O3.C29H29F2N7O3/c1-31(2,18-34)19-39(3)16-20-7-5-8-21(13-20)43-22-9-10-26(44-30(32)33)23(14-22)27-25(17-40(4)38-27)37-29(42)24-15-36-41-12-6-11-35-28(24)41;1-4-12-36(2)17-19-7-5-8-20(14-19)40-21-9-10-25(41-29(30)31)22(15-21)26-24(18-37(3)35-26)34-28(39)23-16-33-38-13-6-11-32-27(23)38/h5-15,17,30H,16,19H2,1-4H3,(H,37,42);5-11,13-16,18,29H,4,12,17H2,1-3H3,(H,34,39). The van der Waals surface area contributed by atoms with Gasteiger partial charge in [-0.05, 0) is 125 Å². The lowest BCUT2D eigenvalue weighted by Crippen LogP contribution is -2.29. The summed E-state index contributed by atoms with van der Waals surface area (Å²) in [6.45, 7) is 2.65. The van der Waals surface area contributed by atoms with Crippen LogP contribution in [-0.2, 0) is 27.2 Å². The molecule has 2 amide bonds. The van der Waals surface area contributed by atoms with E-state index in [1.165, 1.54) is 55.1 Å². The van der Waals surface area contributed by atoms with Gasteiger partial charge in [-0.15, -0.1) is 0 Å². The van der Waals surface area contributed by atoms with Gasteiger partial charge in [0.25, 0.3) is 11.8 Å². The smallest absolute Gasteiger partial charge is 0.387 e. The van der Waals surface area contributed by atoms with Gasteiger partial charge in [0.1, 0.15) is 57.0 Å². The summed E-state index contributed by atoms with van der Waals surface area (Å²) in [6.07, 6.45) is 13.4. The number of aryl methyl sites for hydroxylation is 2. The Morgan fingerprint density at radius 3 is 1.53 bits per heavy atom. The van der Waals surface area contributed by atoms with Gasteiger partial charge in [-0.3, -0.25) is 19.0 Å². The van der Waals surface area contributed by atoms with E-state index in [4.69, 9.17) is 18.9 Å². The molecule has 0 saturated carbocycles. The van der Waals surface area contributed by atoms with Gasteiger partial charge in [-0.2, -0.15) is 43.2 Å². The van der Waals surface area contributed by atoms with Gasteiger partial charge < -0.3 is 39.4 Å². The summed E-state index contributed by atoms with van der Waals surface area (Å²) in [5.74, 6) is 0.597. The number of carbonyl (C=O) groups is 2. The second-order valence-corrected chi connectivity index (χ2v) is 20.4. The minimum atomic E-state index is -3.09. The van der Waals surface area contributed by atoms with Gasteiger partial charge >= 0.3 is 13.2 Å². The molecule has 21 nitrogen and oxygen atoms in total. The lowest BCUT2D eigenvalue weighted by atomic mass is 9.95. The topological polar surface area (TPSA) is 221 Å². The molecular weight excluding hydrogens is 1100 g/mol. The van der Waals surface area contributed by atoms with Crippen LogP contribution in [-0.4, -0.2) is 111 Å². The Morgan fingerprint density at radius 1 is 0.647 bits per heavy atom. The third-order valence-corrected chi connectivity index (χ3v) is 12.8. The number of alkyl halides is 4. The summed E-state index contributed by atoms with van der Waals surface area (Å²) in [5.41, 5.74) is 4.11. The Kier molecular flexibility index (Phi) is 18.4. The molecule has 0 saturated heterocycles. The van der Waals surface area contributed by atoms with Crippen LogP contribution in [0.3, 0.4) is 0 Å². The fourth-order valence-electron chi connectivity index (χ4n) is 9.36. The molecular formula is C60H59F4N15O6. The summed E-state index contributed by atoms with van der Waals surface area (Å²) in [4.78, 5) is 39.1. The summed E-state index contributed by atoms with van der Waals surface area (Å²) in [5, 5.41) is 32.1. The monoisotopic (exact) mass is 1160 g/mol. The highest BCUT2D eigenvalue weighted by atomic mass is 19.3. The number of fused-ring (bicyclic) bond motifs is 2. The van der Waals surface area contributed by atoms with Crippen molar-refractivity contribution in [3.63, 3.8) is 0 Å². The van der Waals surface area contributed by atoms with Crippen molar-refractivity contribution in [1.82, 2.24) is 58.6 Å². The number of nitrogens with zero attached hydrogens (tertiary/aromatic N) is 13. The highest BCUT2D eigenvalue weighted by Gasteiger charge is 2.25. The van der Waals surface area contributed by atoms with E-state index in [2.05, 4.69) is 70.8 Å². The minimum Gasteiger partial charge on any atom is -0.457 e. The third-order valence-electron chi connectivity index (χ3n) is 12.8. The van der Waals surface area contributed by atoms with Crippen molar-refractivity contribution in [2.75, 3.05) is 37.8 Å². The van der Waals surface area contributed by atoms with Crippen LogP contribution in [0.15, 0.2) is 147 Å². The second kappa shape index (κ2) is 26.4. The summed E-state index contributed by atoms with van der Waals surface area (Å²) in [6, 6.07) is 29.7. The number of nitrogens with one attached hydrogen (secondary N) is 2. The first-order chi connectivity index (χ1) is 40.8. The van der Waals surface area contributed by atoms with Crippen LogP contribution in [0.1, 0.15) is 59.0 Å². The molecule has 0 fully saturated rings. The maximum atomic E-state index is 13.4. The predicted molar refractivity (Wildman–Crippen MR) is 308 cm³/mol. The molecule has 2 N–H and O–H groups in total. The van der Waals surface area contributed by atoms with Gasteiger partial charge in [0.15, 0.2) is 11.3 Å². The molecule has 25 heteroatoms. The first-order valence-corrected chi connectivity index (χ1v) is 26.6. The normalized spacial score (nSPS) is 11.5. The fraction of sp³-hybridized carbons (Fsp3) is 0.250. The lowest BCUT2D eigenvalue weighted by molar-refractivity contribution is -0.0501. The minimum absolute atomic E-state index is 0.117. The molecule has 10 aromatic rings. The van der Waals surface area contributed by atoms with Crippen LogP contribution in [0.2, 0.25) is 0 Å². The maximum Gasteiger partial charge on any atom is 0.387 e. The molecule has 0 radical (unpaired) electrons. The van der Waals surface area contributed by atoms with Crippen LogP contribution in [0, 0.1) is 16.7 Å². The van der Waals surface area contributed by atoms with E-state index in [0.29, 0.717) is 47.4 Å². The van der Waals surface area contributed by atoms with E-state index in [0.717, 1.165) is 30.6 Å². The Hall–Kier alpha value is -10.2. The number of anilines is 2. The molecule has 85 heavy (non-hydrogen) atoms. The highest BCUT2D eigenvalue weighted by molar-refractivity contribution is 6.10. The number of benzene rings is 4. The zero-order chi connectivity index (χ0) is 60.4. The third kappa shape index (κ3) is 15.1. The van der Waals surface area contributed by atoms with Crippen molar-refractivity contribution >= 4 is 34.5 Å². The van der Waals surface area contributed by atoms with E-state index in [-0.39, 0.29) is 56.5 Å². The van der Waals surface area contributed by atoms with Crippen molar-refractivity contribution in [3.8, 4) is 63.1 Å². The van der Waals surface area contributed by atoms with E-state index in [1.807, 2.05) is 63.4 Å². The van der Waals surface area contributed by atoms with E-state index >= 15 is 0 Å². The van der Waals surface area contributed by atoms with E-state index in [9.17, 15) is 32.4 Å². The molecule has 0 unspecified atom stereocenters. The molecule has 6 heterocycles. The SMILES string of the molecule is CCCN(C)Cc1cccc(Oc2ccc(OC(F)F)c(-c3nn(C)cc3NC(=O)c3cnn4cccnc34)c2)c1.CN(Cc1cccc(Oc2ccc(OC(F)F)c(-c3nn(C)cc3NC(=O)c3cnn4cccnc34)c2)c1)CC(C)(C)C#N. The molecule has 0 aliphatic heterocycles. The molecule has 0 atom stereocenters. The molecule has 0 aliphatic rings. The Morgan fingerprint density at radius 2 is 1.09 bits per heavy atom. The number of amides is 2. The fourth-order valence-corrected chi connectivity index (χ4v) is 9.36. The zero-order valence-electron chi connectivity index (χ0n) is 47.3. The van der Waals surface area contributed by atoms with Gasteiger partial charge in [0, 0.05) is 70.9 Å². The van der Waals surface area contributed by atoms with Crippen molar-refractivity contribution in [1.29, 1.82) is 5.26 Å². The number of hydrogen-bond donors (Lipinski definition) is 2. The first kappa shape index (κ1) is 59.4. The summed E-state index contributed by atoms with van der Waals surface area (Å²) >= 11 is 0. The lowest BCUT2D eigenvalue weighted by Gasteiger charge is -2.24. The van der Waals surface area contributed by atoms with Crippen molar-refractivity contribution < 1.29 is 46.1 Å². The van der Waals surface area contributed by atoms with E-state index < -0.39 is 30.5 Å². The molecule has 0 spiro atoms. The number of rotatable bonds is 22. The van der Waals surface area contributed by atoms with Crippen LogP contribution in [0.25, 0.3) is 33.8 Å². The summed E-state index contributed by atoms with van der Waals surface area (Å²) in [7, 11) is 7.30. The molecule has 6 aromatic heterocycles.